The molecule has 0 aromatic carbocycles. The minimum atomic E-state index is -0.562. The van der Waals surface area contributed by atoms with Crippen molar-refractivity contribution in [1.82, 2.24) is 0 Å². The lowest BCUT2D eigenvalue weighted by Crippen LogP contribution is -1.88. The van der Waals surface area contributed by atoms with E-state index in [4.69, 9.17) is 5.11 Å². The van der Waals surface area contributed by atoms with Crippen molar-refractivity contribution in [2.75, 3.05) is 0 Å². The van der Waals surface area contributed by atoms with Gasteiger partial charge in [0.1, 0.15) is 0 Å². The van der Waals surface area contributed by atoms with E-state index < -0.39 is 5.97 Å². The quantitative estimate of drug-likeness (QED) is 0.464. The van der Waals surface area contributed by atoms with Crippen LogP contribution in [0.25, 0.3) is 0 Å². The maximum absolute atomic E-state index is 10.1. The summed E-state index contributed by atoms with van der Waals surface area (Å²) >= 11 is 0. The monoisotopic (exact) mass is 112 g/mol. The molecule has 0 atom stereocenters. The zero-order valence-electron chi connectivity index (χ0n) is 4.05. The van der Waals surface area contributed by atoms with Crippen LogP contribution in [0.4, 0.5) is 0 Å². The molecule has 1 rings (SSSR count). The molecule has 0 aliphatic carbocycles. The third kappa shape index (κ3) is 0.578. The average molecular weight is 112 g/mol. The van der Waals surface area contributed by atoms with Gasteiger partial charge in [-0.15, -0.1) is 0 Å². The normalized spacial score (nSPS) is 18.2. The van der Waals surface area contributed by atoms with Gasteiger partial charge in [0, 0.05) is 0 Å². The van der Waals surface area contributed by atoms with Crippen molar-refractivity contribution in [3.63, 3.8) is 0 Å². The zero-order chi connectivity index (χ0) is 6.15. The molecule has 0 fully saturated rings. The van der Waals surface area contributed by atoms with E-state index in [0.717, 1.165) is 6.08 Å². The second-order valence-corrected chi connectivity index (χ2v) is 1.37. The zero-order valence-corrected chi connectivity index (χ0v) is 4.05. The van der Waals surface area contributed by atoms with Crippen LogP contribution in [0.3, 0.4) is 0 Å². The molecule has 3 nitrogen and oxygen atoms in total. The molecule has 1 aliphatic rings. The largest absolute Gasteiger partial charge is 0.504 e. The molecule has 0 spiro atoms. The number of carbonyl (C=O) groups is 1. The Bertz CT molecular complexity index is 178. The van der Waals surface area contributed by atoms with E-state index >= 15 is 0 Å². The van der Waals surface area contributed by atoms with E-state index in [1.54, 1.807) is 0 Å². The van der Waals surface area contributed by atoms with E-state index in [-0.39, 0.29) is 11.5 Å². The first-order valence-corrected chi connectivity index (χ1v) is 2.02. The fraction of sp³-hybridized carbons (Fsp3) is 0. The van der Waals surface area contributed by atoms with Crippen molar-refractivity contribution in [2.24, 2.45) is 0 Å². The van der Waals surface area contributed by atoms with Crippen LogP contribution < -0.4 is 0 Å². The summed E-state index contributed by atoms with van der Waals surface area (Å²) < 4.78 is 4.30. The van der Waals surface area contributed by atoms with Crippen molar-refractivity contribution in [2.45, 2.75) is 0 Å². The van der Waals surface area contributed by atoms with Crippen molar-refractivity contribution in [3.8, 4) is 0 Å². The summed E-state index contributed by atoms with van der Waals surface area (Å²) in [6.07, 6.45) is 0.975. The molecule has 0 amide bonds. The van der Waals surface area contributed by atoms with Gasteiger partial charge in [0.05, 0.1) is 6.08 Å². The minimum Gasteiger partial charge on any atom is -0.504 e. The van der Waals surface area contributed by atoms with Crippen LogP contribution in [-0.2, 0) is 9.53 Å². The Balaban J connectivity index is 2.88. The predicted molar refractivity (Wildman–Crippen MR) is 25.9 cm³/mol. The van der Waals surface area contributed by atoms with Crippen LogP contribution in [0.1, 0.15) is 0 Å². The molecule has 0 aromatic heterocycles. The number of cyclic esters (lactones) is 1. The SMILES string of the molecule is C=C1OC(=O)C=C1O. The molecule has 8 heavy (non-hydrogen) atoms. The number of aliphatic hydroxyl groups is 1. The highest BCUT2D eigenvalue weighted by atomic mass is 16.6. The Kier molecular flexibility index (Phi) is 0.836. The van der Waals surface area contributed by atoms with Crippen LogP contribution in [0.15, 0.2) is 24.2 Å². The Labute approximate surface area is 45.9 Å². The molecule has 1 heterocycles. The molecular weight excluding hydrogens is 108 g/mol. The third-order valence-corrected chi connectivity index (χ3v) is 0.764. The number of rotatable bonds is 0. The van der Waals surface area contributed by atoms with Crippen molar-refractivity contribution in [1.29, 1.82) is 0 Å². The lowest BCUT2D eigenvalue weighted by Gasteiger charge is -1.89. The van der Waals surface area contributed by atoms with Crippen molar-refractivity contribution < 1.29 is 14.6 Å². The Morgan fingerprint density at radius 2 is 2.38 bits per heavy atom. The van der Waals surface area contributed by atoms with E-state index in [0.29, 0.717) is 0 Å². The fourth-order valence-electron chi connectivity index (χ4n) is 0.395. The first-order chi connectivity index (χ1) is 3.70. The molecular formula is C5H4O3. The van der Waals surface area contributed by atoms with Gasteiger partial charge in [-0.1, -0.05) is 6.58 Å². The van der Waals surface area contributed by atoms with E-state index in [9.17, 15) is 4.79 Å². The van der Waals surface area contributed by atoms with Gasteiger partial charge < -0.3 is 9.84 Å². The minimum absolute atomic E-state index is 0.0231. The first kappa shape index (κ1) is 4.90. The van der Waals surface area contributed by atoms with Gasteiger partial charge >= 0.3 is 5.97 Å². The van der Waals surface area contributed by atoms with Gasteiger partial charge in [0.25, 0.3) is 0 Å². The highest BCUT2D eigenvalue weighted by Gasteiger charge is 2.15. The highest BCUT2D eigenvalue weighted by Crippen LogP contribution is 2.12. The Hall–Kier alpha value is -1.25. The van der Waals surface area contributed by atoms with Gasteiger partial charge in [-0.25, -0.2) is 4.79 Å². The number of esters is 1. The summed E-state index contributed by atoms with van der Waals surface area (Å²) in [7, 11) is 0. The molecule has 0 radical (unpaired) electrons. The smallest absolute Gasteiger partial charge is 0.340 e. The molecule has 1 N–H and O–H groups in total. The fourth-order valence-corrected chi connectivity index (χ4v) is 0.395. The maximum atomic E-state index is 10.1. The molecule has 0 bridgehead atoms. The topological polar surface area (TPSA) is 46.5 Å². The molecule has 42 valence electrons. The van der Waals surface area contributed by atoms with Crippen molar-refractivity contribution in [3.05, 3.63) is 24.2 Å². The molecule has 0 aromatic rings. The van der Waals surface area contributed by atoms with Crippen LogP contribution in [0.2, 0.25) is 0 Å². The summed E-state index contributed by atoms with van der Waals surface area (Å²) in [5.74, 6) is -0.725. The van der Waals surface area contributed by atoms with Crippen LogP contribution in [-0.4, -0.2) is 11.1 Å². The number of hydrogen-bond donors (Lipinski definition) is 1. The van der Waals surface area contributed by atoms with Gasteiger partial charge in [-0.3, -0.25) is 0 Å². The average Bonchev–Trinajstić information content (AvgIpc) is 1.85. The van der Waals surface area contributed by atoms with E-state index in [1.807, 2.05) is 0 Å². The van der Waals surface area contributed by atoms with Gasteiger partial charge in [-0.2, -0.15) is 0 Å². The van der Waals surface area contributed by atoms with Gasteiger partial charge in [-0.05, 0) is 0 Å². The summed E-state index contributed by atoms with van der Waals surface area (Å²) in [6.45, 7) is 3.22. The Morgan fingerprint density at radius 1 is 1.75 bits per heavy atom. The summed E-state index contributed by atoms with van der Waals surface area (Å²) in [4.78, 5) is 10.1. The lowest BCUT2D eigenvalue weighted by atomic mass is 10.4. The van der Waals surface area contributed by atoms with Crippen molar-refractivity contribution >= 4 is 5.97 Å². The van der Waals surface area contributed by atoms with Crippen LogP contribution in [0, 0.1) is 0 Å². The second kappa shape index (κ2) is 1.36. The third-order valence-electron chi connectivity index (χ3n) is 0.764. The van der Waals surface area contributed by atoms with Crippen LogP contribution >= 0.6 is 0 Å². The second-order valence-electron chi connectivity index (χ2n) is 1.37. The number of hydrogen-bond acceptors (Lipinski definition) is 3. The van der Waals surface area contributed by atoms with Gasteiger partial charge in [0.15, 0.2) is 11.5 Å². The number of aliphatic hydroxyl groups excluding tert-OH is 1. The standard InChI is InChI=1S/C5H4O3/c1-3-4(6)2-5(7)8-3/h2,6H,1H2. The molecule has 3 heteroatoms. The molecule has 0 unspecified atom stereocenters. The maximum Gasteiger partial charge on any atom is 0.340 e. The first-order valence-electron chi connectivity index (χ1n) is 2.02. The summed E-state index contributed by atoms with van der Waals surface area (Å²) in [5, 5.41) is 8.58. The van der Waals surface area contributed by atoms with Gasteiger partial charge in [0.2, 0.25) is 0 Å². The molecule has 1 aliphatic heterocycles. The van der Waals surface area contributed by atoms with Crippen LogP contribution in [0.5, 0.6) is 0 Å². The Morgan fingerprint density at radius 3 is 2.50 bits per heavy atom. The molecule has 0 saturated carbocycles. The summed E-state index contributed by atoms with van der Waals surface area (Å²) in [5.41, 5.74) is 0. The number of carbonyl (C=O) groups excluding carboxylic acids is 1. The van der Waals surface area contributed by atoms with E-state index in [2.05, 4.69) is 11.3 Å². The van der Waals surface area contributed by atoms with E-state index in [1.165, 1.54) is 0 Å². The highest BCUT2D eigenvalue weighted by molar-refractivity contribution is 5.87. The number of ether oxygens (including phenoxy) is 1. The summed E-state index contributed by atoms with van der Waals surface area (Å²) in [6, 6.07) is 0. The molecule has 0 saturated heterocycles. The predicted octanol–water partition coefficient (Wildman–Crippen LogP) is 0.499. The lowest BCUT2D eigenvalue weighted by molar-refractivity contribution is -0.132.